The summed E-state index contributed by atoms with van der Waals surface area (Å²) >= 11 is 0. The minimum atomic E-state index is -0.221. The summed E-state index contributed by atoms with van der Waals surface area (Å²) in [5.74, 6) is 1.18. The molecule has 0 saturated heterocycles. The van der Waals surface area contributed by atoms with Gasteiger partial charge in [0, 0.05) is 19.0 Å². The van der Waals surface area contributed by atoms with E-state index in [0.29, 0.717) is 18.1 Å². The fourth-order valence-corrected chi connectivity index (χ4v) is 1.46. The second-order valence-electron chi connectivity index (χ2n) is 4.89. The molecule has 0 aliphatic heterocycles. The zero-order valence-corrected chi connectivity index (χ0v) is 10.3. The second kappa shape index (κ2) is 4.29. The summed E-state index contributed by atoms with van der Waals surface area (Å²) in [6, 6.07) is 0. The van der Waals surface area contributed by atoms with Crippen LogP contribution < -0.4 is 5.73 Å². The minimum absolute atomic E-state index is 0.221. The highest BCUT2D eigenvalue weighted by molar-refractivity contribution is 5.46. The molecule has 0 atom stereocenters. The Morgan fingerprint density at radius 2 is 2.24 bits per heavy atom. The van der Waals surface area contributed by atoms with Crippen LogP contribution in [0.2, 0.25) is 0 Å². The second-order valence-corrected chi connectivity index (χ2v) is 4.89. The Hall–Kier alpha value is -1.69. The third-order valence-corrected chi connectivity index (χ3v) is 2.50. The van der Waals surface area contributed by atoms with E-state index in [1.54, 1.807) is 12.5 Å². The van der Waals surface area contributed by atoms with E-state index in [0.717, 1.165) is 12.1 Å². The maximum Gasteiger partial charge on any atom is 0.227 e. The van der Waals surface area contributed by atoms with Crippen molar-refractivity contribution in [3.8, 4) is 11.5 Å². The van der Waals surface area contributed by atoms with Crippen LogP contribution in [0.1, 0.15) is 26.2 Å². The molecule has 0 aliphatic rings. The van der Waals surface area contributed by atoms with Gasteiger partial charge >= 0.3 is 0 Å². The van der Waals surface area contributed by atoms with Gasteiger partial charge in [0.2, 0.25) is 11.7 Å². The summed E-state index contributed by atoms with van der Waals surface area (Å²) in [5, 5.41) is 3.93. The summed E-state index contributed by atoms with van der Waals surface area (Å²) in [4.78, 5) is 8.34. The van der Waals surface area contributed by atoms with Gasteiger partial charge in [0.15, 0.2) is 0 Å². The maximum atomic E-state index is 5.90. The van der Waals surface area contributed by atoms with Crippen LogP contribution in [0, 0.1) is 0 Å². The molecule has 2 aromatic heterocycles. The van der Waals surface area contributed by atoms with Crippen LogP contribution in [0.4, 0.5) is 0 Å². The van der Waals surface area contributed by atoms with Crippen molar-refractivity contribution >= 4 is 0 Å². The topological polar surface area (TPSA) is 82.8 Å². The Kier molecular flexibility index (Phi) is 2.97. The lowest BCUT2D eigenvalue weighted by atomic mass is 10.0. The molecule has 17 heavy (non-hydrogen) atoms. The lowest BCUT2D eigenvalue weighted by molar-refractivity contribution is 0.358. The highest BCUT2D eigenvalue weighted by atomic mass is 16.5. The third-order valence-electron chi connectivity index (χ3n) is 2.50. The normalized spacial score (nSPS) is 12.0. The molecular formula is C11H17N5O. The largest absolute Gasteiger partial charge is 0.339 e. The summed E-state index contributed by atoms with van der Waals surface area (Å²) in [6.45, 7) is 3.96. The number of nitrogens with zero attached hydrogens (tertiary/aromatic N) is 4. The average molecular weight is 235 g/mol. The van der Waals surface area contributed by atoms with Crippen molar-refractivity contribution < 1.29 is 4.52 Å². The zero-order valence-electron chi connectivity index (χ0n) is 10.3. The summed E-state index contributed by atoms with van der Waals surface area (Å²) in [6.07, 6.45) is 4.91. The first-order valence-corrected chi connectivity index (χ1v) is 5.54. The number of hydrogen-bond donors (Lipinski definition) is 1. The smallest absolute Gasteiger partial charge is 0.227 e. The summed E-state index contributed by atoms with van der Waals surface area (Å²) < 4.78 is 7.03. The van der Waals surface area contributed by atoms with E-state index in [-0.39, 0.29) is 5.54 Å². The van der Waals surface area contributed by atoms with Crippen molar-refractivity contribution in [1.29, 1.82) is 0 Å². The van der Waals surface area contributed by atoms with Crippen LogP contribution >= 0.6 is 0 Å². The Balaban J connectivity index is 2.09. The summed E-state index contributed by atoms with van der Waals surface area (Å²) in [5.41, 5.74) is 6.52. The van der Waals surface area contributed by atoms with E-state index in [1.165, 1.54) is 0 Å². The molecule has 2 rings (SSSR count). The van der Waals surface area contributed by atoms with E-state index in [1.807, 2.05) is 25.5 Å². The van der Waals surface area contributed by atoms with E-state index in [4.69, 9.17) is 10.3 Å². The molecule has 0 radical (unpaired) electrons. The van der Waals surface area contributed by atoms with Crippen molar-refractivity contribution in [3.05, 3.63) is 18.4 Å². The minimum Gasteiger partial charge on any atom is -0.339 e. The molecule has 0 aromatic carbocycles. The Labute approximate surface area is 99.8 Å². The van der Waals surface area contributed by atoms with Gasteiger partial charge in [-0.2, -0.15) is 4.98 Å². The number of imidazole rings is 1. The lowest BCUT2D eigenvalue weighted by Gasteiger charge is -2.16. The van der Waals surface area contributed by atoms with Crippen molar-refractivity contribution in [2.75, 3.05) is 0 Å². The van der Waals surface area contributed by atoms with Gasteiger partial charge in [0.05, 0.1) is 12.5 Å². The third kappa shape index (κ3) is 2.91. The van der Waals surface area contributed by atoms with Gasteiger partial charge in [-0.25, -0.2) is 4.98 Å². The molecule has 2 heterocycles. The van der Waals surface area contributed by atoms with Crippen LogP contribution in [0.15, 0.2) is 17.0 Å². The molecule has 0 bridgehead atoms. The van der Waals surface area contributed by atoms with Gasteiger partial charge in [-0.05, 0) is 20.3 Å². The van der Waals surface area contributed by atoms with Crippen molar-refractivity contribution in [2.24, 2.45) is 12.8 Å². The Morgan fingerprint density at radius 3 is 2.82 bits per heavy atom. The summed E-state index contributed by atoms with van der Waals surface area (Å²) in [7, 11) is 1.89. The molecular weight excluding hydrogens is 218 g/mol. The first-order chi connectivity index (χ1) is 7.96. The average Bonchev–Trinajstić information content (AvgIpc) is 2.81. The molecule has 0 amide bonds. The molecule has 2 aromatic rings. The fourth-order valence-electron chi connectivity index (χ4n) is 1.46. The van der Waals surface area contributed by atoms with Crippen molar-refractivity contribution in [1.82, 2.24) is 19.7 Å². The molecule has 6 nitrogen and oxygen atoms in total. The fraction of sp³-hybridized carbons (Fsp3) is 0.545. The van der Waals surface area contributed by atoms with Gasteiger partial charge in [0.25, 0.3) is 0 Å². The molecule has 6 heteroatoms. The van der Waals surface area contributed by atoms with Crippen LogP contribution in [0.3, 0.4) is 0 Å². The molecule has 0 fully saturated rings. The van der Waals surface area contributed by atoms with Crippen LogP contribution in [-0.2, 0) is 13.5 Å². The lowest BCUT2D eigenvalue weighted by Crippen LogP contribution is -2.32. The van der Waals surface area contributed by atoms with E-state index in [2.05, 4.69) is 15.1 Å². The van der Waals surface area contributed by atoms with Crippen molar-refractivity contribution in [2.45, 2.75) is 32.2 Å². The number of aromatic nitrogens is 4. The maximum absolute atomic E-state index is 5.90. The van der Waals surface area contributed by atoms with Crippen LogP contribution in [0.5, 0.6) is 0 Å². The van der Waals surface area contributed by atoms with Crippen molar-refractivity contribution in [3.63, 3.8) is 0 Å². The number of hydrogen-bond acceptors (Lipinski definition) is 5. The van der Waals surface area contributed by atoms with Gasteiger partial charge in [-0.1, -0.05) is 5.16 Å². The van der Waals surface area contributed by atoms with Gasteiger partial charge < -0.3 is 14.8 Å². The van der Waals surface area contributed by atoms with Gasteiger partial charge in [-0.15, -0.1) is 0 Å². The molecule has 0 saturated carbocycles. The van der Waals surface area contributed by atoms with E-state index in [9.17, 15) is 0 Å². The van der Waals surface area contributed by atoms with Gasteiger partial charge in [0.1, 0.15) is 5.69 Å². The quantitative estimate of drug-likeness (QED) is 0.859. The predicted octanol–water partition coefficient (Wildman–Crippen LogP) is 1.14. The monoisotopic (exact) mass is 235 g/mol. The van der Waals surface area contributed by atoms with E-state index >= 15 is 0 Å². The number of aryl methyl sites for hydroxylation is 2. The standard InChI is InChI=1S/C11H17N5O/c1-11(2,12)5-4-9-14-10(15-17-9)8-6-13-7-16(8)3/h6-7H,4-5,12H2,1-3H3. The molecule has 92 valence electrons. The van der Waals surface area contributed by atoms with Gasteiger partial charge in [-0.3, -0.25) is 0 Å². The van der Waals surface area contributed by atoms with Crippen LogP contribution in [-0.4, -0.2) is 25.2 Å². The van der Waals surface area contributed by atoms with Crippen LogP contribution in [0.25, 0.3) is 11.5 Å². The number of rotatable bonds is 4. The molecule has 0 aliphatic carbocycles. The molecule has 0 spiro atoms. The molecule has 0 unspecified atom stereocenters. The first-order valence-electron chi connectivity index (χ1n) is 5.54. The number of nitrogens with two attached hydrogens (primary N) is 1. The van der Waals surface area contributed by atoms with E-state index < -0.39 is 0 Å². The first kappa shape index (κ1) is 11.8. The zero-order chi connectivity index (χ0) is 12.5. The predicted molar refractivity (Wildman–Crippen MR) is 63.1 cm³/mol. The Bertz CT molecular complexity index is 494. The highest BCUT2D eigenvalue weighted by Crippen LogP contribution is 2.16. The SMILES string of the molecule is Cn1cncc1-c1noc(CCC(C)(C)N)n1. The highest BCUT2D eigenvalue weighted by Gasteiger charge is 2.15. The molecule has 2 N–H and O–H groups in total. The Morgan fingerprint density at radius 1 is 1.47 bits per heavy atom.